The zero-order valence-corrected chi connectivity index (χ0v) is 5.11. The lowest BCUT2D eigenvalue weighted by Crippen LogP contribution is -2.16. The van der Waals surface area contributed by atoms with Crippen LogP contribution in [0.1, 0.15) is 13.8 Å². The molecule has 0 aromatic carbocycles. The lowest BCUT2D eigenvalue weighted by molar-refractivity contribution is 0.806. The standard InChI is InChI=1S/C4H10B2F/c1-4(2)6(7)5-3/h4H,1-3H3. The average molecular weight is 98.7 g/mol. The van der Waals surface area contributed by atoms with E-state index in [1.807, 2.05) is 13.8 Å². The molecule has 0 rings (SSSR count). The van der Waals surface area contributed by atoms with Gasteiger partial charge in [-0.25, -0.2) is 0 Å². The van der Waals surface area contributed by atoms with E-state index in [1.54, 1.807) is 14.0 Å². The second kappa shape index (κ2) is 3.11. The summed E-state index contributed by atoms with van der Waals surface area (Å²) in [5.41, 5.74) is 0. The Balaban J connectivity index is 3.14. The van der Waals surface area contributed by atoms with Crippen LogP contribution in [0.15, 0.2) is 0 Å². The van der Waals surface area contributed by atoms with E-state index in [2.05, 4.69) is 0 Å². The van der Waals surface area contributed by atoms with Gasteiger partial charge in [0, 0.05) is 0 Å². The summed E-state index contributed by atoms with van der Waals surface area (Å²) in [6.45, 7) is 4.75. The maximum Gasteiger partial charge on any atom is 0.304 e. The molecule has 0 bridgehead atoms. The Hall–Kier alpha value is 0.0599. The molecule has 7 heavy (non-hydrogen) atoms. The number of halogens is 1. The van der Waals surface area contributed by atoms with Crippen LogP contribution in [0.25, 0.3) is 0 Å². The van der Waals surface area contributed by atoms with Crippen molar-refractivity contribution in [2.75, 3.05) is 0 Å². The first kappa shape index (κ1) is 7.06. The van der Waals surface area contributed by atoms with Crippen LogP contribution in [-0.4, -0.2) is 14.1 Å². The van der Waals surface area contributed by atoms with Gasteiger partial charge in [0.15, 0.2) is 0 Å². The Bertz CT molecular complexity index is 47.0. The minimum atomic E-state index is -0.722. The van der Waals surface area contributed by atoms with Crippen LogP contribution >= 0.6 is 0 Å². The van der Waals surface area contributed by atoms with E-state index < -0.39 is 6.88 Å². The van der Waals surface area contributed by atoms with Crippen LogP contribution in [0.5, 0.6) is 0 Å². The monoisotopic (exact) mass is 99.1 g/mol. The van der Waals surface area contributed by atoms with Crippen LogP contribution in [0.3, 0.4) is 0 Å². The Kier molecular flexibility index (Phi) is 3.14. The van der Waals surface area contributed by atoms with Gasteiger partial charge < -0.3 is 4.32 Å². The number of rotatable bonds is 2. The first-order valence-corrected chi connectivity index (χ1v) is 2.62. The molecule has 0 aliphatic carbocycles. The van der Waals surface area contributed by atoms with Gasteiger partial charge in [-0.15, -0.1) is 0 Å². The molecule has 0 fully saturated rings. The molecule has 0 saturated heterocycles. The van der Waals surface area contributed by atoms with E-state index >= 15 is 0 Å². The van der Waals surface area contributed by atoms with Gasteiger partial charge in [-0.05, 0) is 5.82 Å². The van der Waals surface area contributed by atoms with Crippen LogP contribution in [0.2, 0.25) is 12.6 Å². The van der Waals surface area contributed by atoms with Gasteiger partial charge in [-0.3, -0.25) is 0 Å². The fourth-order valence-corrected chi connectivity index (χ4v) is 0.385. The smallest absolute Gasteiger partial charge is 0.304 e. The van der Waals surface area contributed by atoms with Crippen LogP contribution in [0.4, 0.5) is 4.32 Å². The predicted octanol–water partition coefficient (Wildman–Crippen LogP) is 1.61. The highest BCUT2D eigenvalue weighted by Crippen LogP contribution is 2.05. The molecule has 1 radical (unpaired) electrons. The summed E-state index contributed by atoms with van der Waals surface area (Å²) in [6, 6.07) is 0. The Morgan fingerprint density at radius 3 is 2.00 bits per heavy atom. The fraction of sp³-hybridized carbons (Fsp3) is 1.00. The van der Waals surface area contributed by atoms with Crippen molar-refractivity contribution in [1.29, 1.82) is 0 Å². The third-order valence-corrected chi connectivity index (χ3v) is 0.955. The molecule has 0 spiro atoms. The highest BCUT2D eigenvalue weighted by Gasteiger charge is 2.14. The molecule has 0 aromatic rings. The zero-order chi connectivity index (χ0) is 5.86. The molecule has 0 saturated carbocycles. The van der Waals surface area contributed by atoms with Crippen LogP contribution in [-0.2, 0) is 0 Å². The van der Waals surface area contributed by atoms with Crippen LogP contribution in [0, 0.1) is 0 Å². The van der Waals surface area contributed by atoms with E-state index in [4.69, 9.17) is 0 Å². The fourth-order valence-electron chi connectivity index (χ4n) is 0.385. The van der Waals surface area contributed by atoms with Crippen molar-refractivity contribution in [2.45, 2.75) is 26.5 Å². The topological polar surface area (TPSA) is 0 Å². The van der Waals surface area contributed by atoms with Crippen molar-refractivity contribution in [2.24, 2.45) is 0 Å². The molecule has 3 heteroatoms. The van der Waals surface area contributed by atoms with Crippen molar-refractivity contribution < 1.29 is 4.32 Å². The van der Waals surface area contributed by atoms with Crippen LogP contribution < -0.4 is 0 Å². The Labute approximate surface area is 45.8 Å². The van der Waals surface area contributed by atoms with Gasteiger partial charge in [0.25, 0.3) is 0 Å². The van der Waals surface area contributed by atoms with Gasteiger partial charge in [0.1, 0.15) is 7.17 Å². The first-order valence-electron chi connectivity index (χ1n) is 2.62. The number of hydrogen-bond acceptors (Lipinski definition) is 0. The van der Waals surface area contributed by atoms with E-state index in [1.165, 1.54) is 0 Å². The second-order valence-corrected chi connectivity index (χ2v) is 2.02. The molecule has 39 valence electrons. The molecular formula is C4H10B2F. The molecule has 0 atom stereocenters. The molecule has 0 N–H and O–H groups in total. The van der Waals surface area contributed by atoms with Gasteiger partial charge in [-0.1, -0.05) is 20.7 Å². The molecule has 0 unspecified atom stereocenters. The predicted molar refractivity (Wildman–Crippen MR) is 33.6 cm³/mol. The summed E-state index contributed by atoms with van der Waals surface area (Å²) >= 11 is 0. The van der Waals surface area contributed by atoms with Crippen molar-refractivity contribution in [3.05, 3.63) is 0 Å². The first-order chi connectivity index (χ1) is 3.18. The van der Waals surface area contributed by atoms with Crippen molar-refractivity contribution in [3.63, 3.8) is 0 Å². The number of hydrogen-bond donors (Lipinski definition) is 0. The minimum Gasteiger partial charge on any atom is -0.348 e. The van der Waals surface area contributed by atoms with E-state index in [-0.39, 0.29) is 5.82 Å². The van der Waals surface area contributed by atoms with E-state index in [0.29, 0.717) is 0 Å². The lowest BCUT2D eigenvalue weighted by Gasteiger charge is -2.00. The Morgan fingerprint density at radius 2 is 2.00 bits per heavy atom. The van der Waals surface area contributed by atoms with E-state index in [0.717, 1.165) is 0 Å². The third-order valence-electron chi connectivity index (χ3n) is 0.955. The summed E-state index contributed by atoms with van der Waals surface area (Å²) in [7, 11) is 1.57. The maximum absolute atomic E-state index is 12.2. The molecule has 0 aliphatic heterocycles. The summed E-state index contributed by atoms with van der Waals surface area (Å²) in [4.78, 5) is 0. The maximum atomic E-state index is 12.2. The van der Waals surface area contributed by atoms with Crippen molar-refractivity contribution in [1.82, 2.24) is 0 Å². The molecule has 0 nitrogen and oxygen atoms in total. The van der Waals surface area contributed by atoms with Gasteiger partial charge >= 0.3 is 6.88 Å². The summed E-state index contributed by atoms with van der Waals surface area (Å²) in [5.74, 6) is 0.144. The molecular weight excluding hydrogens is 88.7 g/mol. The Morgan fingerprint density at radius 1 is 1.57 bits per heavy atom. The molecule has 0 aromatic heterocycles. The highest BCUT2D eigenvalue weighted by atomic mass is 19.1. The second-order valence-electron chi connectivity index (χ2n) is 2.02. The summed E-state index contributed by atoms with van der Waals surface area (Å²) in [6.07, 6.45) is 0. The van der Waals surface area contributed by atoms with Gasteiger partial charge in [0.2, 0.25) is 0 Å². The SMILES string of the molecule is C[B]B(F)C(C)C. The average Bonchev–Trinajstić information content (AvgIpc) is 1.65. The van der Waals surface area contributed by atoms with E-state index in [9.17, 15) is 4.32 Å². The quantitative estimate of drug-likeness (QED) is 0.461. The highest BCUT2D eigenvalue weighted by molar-refractivity contribution is 7.08. The van der Waals surface area contributed by atoms with Crippen molar-refractivity contribution >= 4 is 14.1 Å². The minimum absolute atomic E-state index is 0.144. The molecule has 0 aliphatic rings. The molecule has 0 amide bonds. The van der Waals surface area contributed by atoms with Gasteiger partial charge in [0.05, 0.1) is 0 Å². The normalized spacial score (nSPS) is 9.29. The molecule has 0 heterocycles. The largest absolute Gasteiger partial charge is 0.348 e. The summed E-state index contributed by atoms with van der Waals surface area (Å²) in [5, 5.41) is 0. The van der Waals surface area contributed by atoms with Gasteiger partial charge in [-0.2, -0.15) is 0 Å². The third kappa shape index (κ3) is 2.72. The lowest BCUT2D eigenvalue weighted by atomic mass is 9.31. The van der Waals surface area contributed by atoms with Crippen molar-refractivity contribution in [3.8, 4) is 0 Å². The zero-order valence-electron chi connectivity index (χ0n) is 5.11. The summed E-state index contributed by atoms with van der Waals surface area (Å²) < 4.78 is 12.2.